The van der Waals surface area contributed by atoms with Gasteiger partial charge < -0.3 is 5.11 Å². The van der Waals surface area contributed by atoms with E-state index in [0.29, 0.717) is 0 Å². The zero-order valence-corrected chi connectivity index (χ0v) is 11.4. The van der Waals surface area contributed by atoms with Crippen LogP contribution in [0.5, 0.6) is 0 Å². The summed E-state index contributed by atoms with van der Waals surface area (Å²) in [6, 6.07) is 16.7. The van der Waals surface area contributed by atoms with Crippen LogP contribution < -0.4 is 0 Å². The minimum atomic E-state index is -0.806. The molecular formula is C18H20O. The summed E-state index contributed by atoms with van der Waals surface area (Å²) in [6.07, 6.45) is 3.94. The van der Waals surface area contributed by atoms with E-state index in [0.717, 1.165) is 36.8 Å². The molecule has 1 N–H and O–H groups in total. The van der Waals surface area contributed by atoms with Crippen molar-refractivity contribution in [1.29, 1.82) is 0 Å². The molecule has 1 nitrogen and oxygen atoms in total. The van der Waals surface area contributed by atoms with E-state index in [1.165, 1.54) is 11.1 Å². The van der Waals surface area contributed by atoms with Gasteiger partial charge in [-0.05, 0) is 47.9 Å². The molecule has 0 aliphatic heterocycles. The second-order valence-electron chi connectivity index (χ2n) is 5.42. The Hall–Kier alpha value is -1.60. The van der Waals surface area contributed by atoms with Crippen molar-refractivity contribution in [3.8, 4) is 0 Å². The highest BCUT2D eigenvalue weighted by molar-refractivity contribution is 5.43. The Kier molecular flexibility index (Phi) is 3.16. The number of benzene rings is 2. The molecule has 0 heterocycles. The van der Waals surface area contributed by atoms with Gasteiger partial charge >= 0.3 is 0 Å². The lowest BCUT2D eigenvalue weighted by Crippen LogP contribution is -2.31. The molecule has 98 valence electrons. The second-order valence-corrected chi connectivity index (χ2v) is 5.42. The Bertz CT molecular complexity index is 588. The molecule has 3 rings (SSSR count). The third-order valence-corrected chi connectivity index (χ3v) is 4.26. The van der Waals surface area contributed by atoms with E-state index in [2.05, 4.69) is 49.4 Å². The summed E-state index contributed by atoms with van der Waals surface area (Å²) >= 11 is 0. The van der Waals surface area contributed by atoms with Crippen molar-refractivity contribution in [3.05, 3.63) is 70.8 Å². The zero-order valence-electron chi connectivity index (χ0n) is 11.4. The maximum absolute atomic E-state index is 11.2. The molecule has 1 unspecified atom stereocenters. The summed E-state index contributed by atoms with van der Waals surface area (Å²) in [5, 5.41) is 11.2. The van der Waals surface area contributed by atoms with E-state index < -0.39 is 5.60 Å². The maximum atomic E-state index is 11.2. The molecule has 2 aromatic carbocycles. The van der Waals surface area contributed by atoms with Gasteiger partial charge in [-0.15, -0.1) is 0 Å². The predicted molar refractivity (Wildman–Crippen MR) is 78.2 cm³/mol. The molecule has 1 aliphatic rings. The van der Waals surface area contributed by atoms with Gasteiger partial charge in [-0.3, -0.25) is 0 Å². The van der Waals surface area contributed by atoms with Gasteiger partial charge in [0, 0.05) is 0 Å². The van der Waals surface area contributed by atoms with Crippen LogP contribution in [0.4, 0.5) is 0 Å². The molecule has 0 amide bonds. The van der Waals surface area contributed by atoms with Crippen molar-refractivity contribution in [2.45, 2.75) is 38.2 Å². The van der Waals surface area contributed by atoms with Crippen molar-refractivity contribution < 1.29 is 5.11 Å². The Morgan fingerprint density at radius 2 is 1.95 bits per heavy atom. The highest BCUT2D eigenvalue weighted by Crippen LogP contribution is 2.40. The maximum Gasteiger partial charge on any atom is 0.115 e. The van der Waals surface area contributed by atoms with E-state index in [1.54, 1.807) is 0 Å². The Morgan fingerprint density at radius 1 is 1.11 bits per heavy atom. The normalized spacial score (nSPS) is 22.0. The van der Waals surface area contributed by atoms with E-state index in [4.69, 9.17) is 0 Å². The van der Waals surface area contributed by atoms with Gasteiger partial charge in [0.05, 0.1) is 0 Å². The topological polar surface area (TPSA) is 20.2 Å². The van der Waals surface area contributed by atoms with E-state index in [9.17, 15) is 5.11 Å². The Balaban J connectivity index is 2.13. The first-order valence-corrected chi connectivity index (χ1v) is 7.14. The SMILES string of the molecule is CCc1cccc(C2(O)CCCc3ccccc32)c1. The summed E-state index contributed by atoms with van der Waals surface area (Å²) < 4.78 is 0. The fourth-order valence-corrected chi connectivity index (χ4v) is 3.16. The summed E-state index contributed by atoms with van der Waals surface area (Å²) in [7, 11) is 0. The average molecular weight is 252 g/mol. The number of aryl methyl sites for hydroxylation is 2. The van der Waals surface area contributed by atoms with Crippen molar-refractivity contribution in [2.24, 2.45) is 0 Å². The highest BCUT2D eigenvalue weighted by atomic mass is 16.3. The Morgan fingerprint density at radius 3 is 2.79 bits per heavy atom. The quantitative estimate of drug-likeness (QED) is 0.861. The first-order valence-electron chi connectivity index (χ1n) is 7.14. The van der Waals surface area contributed by atoms with Gasteiger partial charge in [0.15, 0.2) is 0 Å². The van der Waals surface area contributed by atoms with Gasteiger partial charge in [-0.1, -0.05) is 55.5 Å². The molecule has 0 bridgehead atoms. The van der Waals surface area contributed by atoms with Crippen LogP contribution >= 0.6 is 0 Å². The fraction of sp³-hybridized carbons (Fsp3) is 0.333. The van der Waals surface area contributed by atoms with Gasteiger partial charge in [0.2, 0.25) is 0 Å². The molecule has 0 spiro atoms. The van der Waals surface area contributed by atoms with Crippen molar-refractivity contribution in [3.63, 3.8) is 0 Å². The first kappa shape index (κ1) is 12.4. The molecule has 0 saturated carbocycles. The lowest BCUT2D eigenvalue weighted by atomic mass is 9.75. The first-order chi connectivity index (χ1) is 9.24. The van der Waals surface area contributed by atoms with Crippen molar-refractivity contribution >= 4 is 0 Å². The largest absolute Gasteiger partial charge is 0.380 e. The van der Waals surface area contributed by atoms with Crippen LogP contribution in [0.25, 0.3) is 0 Å². The summed E-state index contributed by atoms with van der Waals surface area (Å²) in [4.78, 5) is 0. The number of aliphatic hydroxyl groups is 1. The minimum absolute atomic E-state index is 0.806. The summed E-state index contributed by atoms with van der Waals surface area (Å²) in [6.45, 7) is 2.15. The van der Waals surface area contributed by atoms with Crippen LogP contribution in [0.1, 0.15) is 42.0 Å². The average Bonchev–Trinajstić information content (AvgIpc) is 2.48. The third kappa shape index (κ3) is 2.08. The van der Waals surface area contributed by atoms with E-state index in [-0.39, 0.29) is 0 Å². The molecule has 19 heavy (non-hydrogen) atoms. The smallest absolute Gasteiger partial charge is 0.115 e. The molecule has 0 radical (unpaired) electrons. The van der Waals surface area contributed by atoms with Crippen molar-refractivity contribution in [1.82, 2.24) is 0 Å². The van der Waals surface area contributed by atoms with Crippen molar-refractivity contribution in [2.75, 3.05) is 0 Å². The molecule has 1 atom stereocenters. The minimum Gasteiger partial charge on any atom is -0.380 e. The van der Waals surface area contributed by atoms with Crippen LogP contribution in [-0.4, -0.2) is 5.11 Å². The zero-order chi connectivity index (χ0) is 13.3. The van der Waals surface area contributed by atoms with Gasteiger partial charge in [0.25, 0.3) is 0 Å². The lowest BCUT2D eigenvalue weighted by molar-refractivity contribution is 0.0615. The molecule has 1 aliphatic carbocycles. The molecule has 1 heteroatoms. The molecular weight excluding hydrogens is 232 g/mol. The van der Waals surface area contributed by atoms with Crippen LogP contribution in [0.3, 0.4) is 0 Å². The predicted octanol–water partition coefficient (Wildman–Crippen LogP) is 3.82. The van der Waals surface area contributed by atoms with E-state index in [1.807, 2.05) is 6.07 Å². The number of rotatable bonds is 2. The van der Waals surface area contributed by atoms with Gasteiger partial charge in [0.1, 0.15) is 5.60 Å². The molecule has 0 saturated heterocycles. The molecule has 2 aromatic rings. The van der Waals surface area contributed by atoms with Crippen LogP contribution in [-0.2, 0) is 18.4 Å². The van der Waals surface area contributed by atoms with Crippen LogP contribution in [0, 0.1) is 0 Å². The third-order valence-electron chi connectivity index (χ3n) is 4.26. The number of hydrogen-bond donors (Lipinski definition) is 1. The summed E-state index contributed by atoms with van der Waals surface area (Å²) in [5.74, 6) is 0. The highest BCUT2D eigenvalue weighted by Gasteiger charge is 2.35. The standard InChI is InChI=1S/C18H20O/c1-2-14-7-5-10-16(13-14)18(19)12-6-9-15-8-3-4-11-17(15)18/h3-5,7-8,10-11,13,19H,2,6,9,12H2,1H3. The number of fused-ring (bicyclic) bond motifs is 1. The van der Waals surface area contributed by atoms with Gasteiger partial charge in [-0.25, -0.2) is 0 Å². The molecule has 0 fully saturated rings. The number of hydrogen-bond acceptors (Lipinski definition) is 1. The monoisotopic (exact) mass is 252 g/mol. The van der Waals surface area contributed by atoms with Crippen LogP contribution in [0.2, 0.25) is 0 Å². The Labute approximate surface area is 114 Å². The lowest BCUT2D eigenvalue weighted by Gasteiger charge is -2.35. The molecule has 0 aromatic heterocycles. The van der Waals surface area contributed by atoms with Crippen LogP contribution in [0.15, 0.2) is 48.5 Å². The fourth-order valence-electron chi connectivity index (χ4n) is 3.16. The van der Waals surface area contributed by atoms with E-state index >= 15 is 0 Å². The van der Waals surface area contributed by atoms with Gasteiger partial charge in [-0.2, -0.15) is 0 Å². The summed E-state index contributed by atoms with van der Waals surface area (Å²) in [5.41, 5.74) is 3.90. The second kappa shape index (κ2) is 4.82.